The Morgan fingerprint density at radius 1 is 1.00 bits per heavy atom. The van der Waals surface area contributed by atoms with Gasteiger partial charge in [-0.15, -0.1) is 0 Å². The summed E-state index contributed by atoms with van der Waals surface area (Å²) in [4.78, 5) is 4.13. The van der Waals surface area contributed by atoms with E-state index in [1.807, 2.05) is 18.5 Å². The summed E-state index contributed by atoms with van der Waals surface area (Å²) in [6.07, 6.45) is 5.68. The third kappa shape index (κ3) is 3.43. The molecule has 0 spiro atoms. The molecule has 0 bridgehead atoms. The lowest BCUT2D eigenvalue weighted by atomic mass is 10.1. The van der Waals surface area contributed by atoms with Gasteiger partial charge in [0.05, 0.1) is 0 Å². The summed E-state index contributed by atoms with van der Waals surface area (Å²) >= 11 is 0. The van der Waals surface area contributed by atoms with Gasteiger partial charge in [-0.3, -0.25) is 4.98 Å². The number of fused-ring (bicyclic) bond motifs is 1. The van der Waals surface area contributed by atoms with Gasteiger partial charge in [0.25, 0.3) is 0 Å². The molecule has 0 saturated heterocycles. The highest BCUT2D eigenvalue weighted by Crippen LogP contribution is 2.19. The van der Waals surface area contributed by atoms with Crippen molar-refractivity contribution in [1.29, 1.82) is 0 Å². The van der Waals surface area contributed by atoms with Crippen LogP contribution in [0, 0.1) is 0 Å². The normalized spacial score (nSPS) is 11.9. The molecule has 0 atom stereocenters. The fourth-order valence-corrected chi connectivity index (χ4v) is 4.08. The monoisotopic (exact) mass is 291 g/mol. The summed E-state index contributed by atoms with van der Waals surface area (Å²) in [5, 5.41) is 2.40. The predicted molar refractivity (Wildman–Crippen MR) is 81.7 cm³/mol. The van der Waals surface area contributed by atoms with Gasteiger partial charge < -0.3 is 13.3 Å². The Morgan fingerprint density at radius 3 is 2.45 bits per heavy atom. The highest BCUT2D eigenvalue weighted by Gasteiger charge is 2.36. The lowest BCUT2D eigenvalue weighted by molar-refractivity contribution is 0.123. The third-order valence-corrected chi connectivity index (χ3v) is 6.42. The molecule has 20 heavy (non-hydrogen) atoms. The zero-order chi connectivity index (χ0) is 14.4. The Labute approximate surface area is 121 Å². The molecule has 0 aliphatic rings. The van der Waals surface area contributed by atoms with Gasteiger partial charge in [0.2, 0.25) is 0 Å². The van der Waals surface area contributed by atoms with Crippen molar-refractivity contribution in [2.75, 3.05) is 21.3 Å². The molecule has 0 saturated carbocycles. The van der Waals surface area contributed by atoms with Crippen LogP contribution < -0.4 is 0 Å². The van der Waals surface area contributed by atoms with Crippen molar-refractivity contribution >= 4 is 19.6 Å². The molecule has 0 unspecified atom stereocenters. The molecule has 4 nitrogen and oxygen atoms in total. The number of pyridine rings is 1. The van der Waals surface area contributed by atoms with Crippen molar-refractivity contribution in [2.45, 2.75) is 18.9 Å². The Balaban J connectivity index is 1.99. The summed E-state index contributed by atoms with van der Waals surface area (Å²) in [6.45, 7) is 0. The van der Waals surface area contributed by atoms with Crippen molar-refractivity contribution in [2.24, 2.45) is 0 Å². The topological polar surface area (TPSA) is 40.6 Å². The van der Waals surface area contributed by atoms with Crippen LogP contribution in [0.3, 0.4) is 0 Å². The van der Waals surface area contributed by atoms with Gasteiger partial charge in [-0.05, 0) is 29.9 Å². The van der Waals surface area contributed by atoms with E-state index in [1.54, 1.807) is 21.3 Å². The van der Waals surface area contributed by atoms with Crippen molar-refractivity contribution in [3.05, 3.63) is 42.2 Å². The van der Waals surface area contributed by atoms with Crippen LogP contribution in [-0.2, 0) is 19.7 Å². The van der Waals surface area contributed by atoms with Crippen LogP contribution in [0.25, 0.3) is 10.8 Å². The number of benzene rings is 1. The van der Waals surface area contributed by atoms with Gasteiger partial charge >= 0.3 is 8.80 Å². The first kappa shape index (κ1) is 15.1. The Kier molecular flexibility index (Phi) is 5.25. The minimum absolute atomic E-state index is 0.824. The Bertz CT molecular complexity index is 549. The van der Waals surface area contributed by atoms with Crippen LogP contribution in [0.15, 0.2) is 36.7 Å². The molecule has 2 rings (SSSR count). The van der Waals surface area contributed by atoms with Gasteiger partial charge in [0, 0.05) is 45.2 Å². The van der Waals surface area contributed by atoms with Crippen LogP contribution >= 0.6 is 0 Å². The third-order valence-electron chi connectivity index (χ3n) is 3.59. The molecule has 5 heteroatoms. The van der Waals surface area contributed by atoms with Gasteiger partial charge in [-0.2, -0.15) is 0 Å². The van der Waals surface area contributed by atoms with Crippen LogP contribution in [0.4, 0.5) is 0 Å². The van der Waals surface area contributed by atoms with E-state index >= 15 is 0 Å². The Morgan fingerprint density at radius 2 is 1.75 bits per heavy atom. The maximum absolute atomic E-state index is 5.43. The zero-order valence-corrected chi connectivity index (χ0v) is 13.3. The molecule has 2 aromatic rings. The van der Waals surface area contributed by atoms with Crippen molar-refractivity contribution in [3.63, 3.8) is 0 Å². The largest absolute Gasteiger partial charge is 0.500 e. The maximum Gasteiger partial charge on any atom is 0.500 e. The molecule has 0 fully saturated rings. The molecule has 108 valence electrons. The summed E-state index contributed by atoms with van der Waals surface area (Å²) < 4.78 is 16.3. The standard InChI is InChI=1S/C15H21NO3Si/c1-17-20(18-2,19-3)10-4-5-13-6-7-15-12-16-9-8-14(15)11-13/h6-9,11-12H,4-5,10H2,1-3H3. The molecule has 0 radical (unpaired) electrons. The molecule has 1 aromatic carbocycles. The zero-order valence-electron chi connectivity index (χ0n) is 12.3. The van der Waals surface area contributed by atoms with Crippen molar-refractivity contribution in [1.82, 2.24) is 4.98 Å². The van der Waals surface area contributed by atoms with E-state index in [2.05, 4.69) is 23.2 Å². The van der Waals surface area contributed by atoms with Crippen molar-refractivity contribution in [3.8, 4) is 0 Å². The SMILES string of the molecule is CO[Si](CCCc1ccc2cnccc2c1)(OC)OC. The first-order valence-electron chi connectivity index (χ1n) is 6.71. The van der Waals surface area contributed by atoms with E-state index in [1.165, 1.54) is 16.3 Å². The van der Waals surface area contributed by atoms with Gasteiger partial charge in [-0.1, -0.05) is 18.2 Å². The molecular formula is C15H21NO3Si. The van der Waals surface area contributed by atoms with E-state index in [0.717, 1.165) is 18.9 Å². The maximum atomic E-state index is 5.43. The van der Waals surface area contributed by atoms with E-state index in [0.29, 0.717) is 0 Å². The fourth-order valence-electron chi connectivity index (χ4n) is 2.35. The molecule has 0 amide bonds. The molecule has 1 heterocycles. The molecule has 0 aliphatic carbocycles. The molecule has 1 aromatic heterocycles. The number of nitrogens with zero attached hydrogens (tertiary/aromatic N) is 1. The number of hydrogen-bond acceptors (Lipinski definition) is 4. The first-order chi connectivity index (χ1) is 9.73. The fraction of sp³-hybridized carbons (Fsp3) is 0.400. The first-order valence-corrected chi connectivity index (χ1v) is 8.64. The second-order valence-electron chi connectivity index (χ2n) is 4.71. The smallest absolute Gasteiger partial charge is 0.377 e. The Hall–Kier alpha value is -1.27. The minimum atomic E-state index is -2.43. The van der Waals surface area contributed by atoms with E-state index < -0.39 is 8.80 Å². The van der Waals surface area contributed by atoms with Crippen molar-refractivity contribution < 1.29 is 13.3 Å². The quantitative estimate of drug-likeness (QED) is 0.735. The number of aryl methyl sites for hydroxylation is 1. The van der Waals surface area contributed by atoms with Crippen LogP contribution in [0.2, 0.25) is 6.04 Å². The molecule has 0 aliphatic heterocycles. The molecule has 0 N–H and O–H groups in total. The van der Waals surface area contributed by atoms with Gasteiger partial charge in [0.15, 0.2) is 0 Å². The predicted octanol–water partition coefficient (Wildman–Crippen LogP) is 3.05. The summed E-state index contributed by atoms with van der Waals surface area (Å²) in [6, 6.07) is 9.35. The van der Waals surface area contributed by atoms with E-state index in [4.69, 9.17) is 13.3 Å². The summed E-state index contributed by atoms with van der Waals surface area (Å²) in [5.74, 6) is 0. The lowest BCUT2D eigenvalue weighted by Crippen LogP contribution is -2.42. The van der Waals surface area contributed by atoms with Gasteiger partial charge in [0.1, 0.15) is 0 Å². The van der Waals surface area contributed by atoms with Gasteiger partial charge in [-0.25, -0.2) is 0 Å². The minimum Gasteiger partial charge on any atom is -0.377 e. The summed E-state index contributed by atoms with van der Waals surface area (Å²) in [5.41, 5.74) is 1.31. The van der Waals surface area contributed by atoms with Crippen LogP contribution in [-0.4, -0.2) is 35.1 Å². The van der Waals surface area contributed by atoms with Crippen LogP contribution in [0.1, 0.15) is 12.0 Å². The second kappa shape index (κ2) is 6.94. The number of rotatable bonds is 7. The average molecular weight is 291 g/mol. The second-order valence-corrected chi connectivity index (χ2v) is 7.80. The highest BCUT2D eigenvalue weighted by molar-refractivity contribution is 6.60. The van der Waals surface area contributed by atoms with E-state index in [9.17, 15) is 0 Å². The average Bonchev–Trinajstić information content (AvgIpc) is 2.52. The highest BCUT2D eigenvalue weighted by atomic mass is 28.4. The number of aromatic nitrogens is 1. The number of hydrogen-bond donors (Lipinski definition) is 0. The van der Waals surface area contributed by atoms with E-state index in [-0.39, 0.29) is 0 Å². The lowest BCUT2D eigenvalue weighted by Gasteiger charge is -2.24. The van der Waals surface area contributed by atoms with Crippen LogP contribution in [0.5, 0.6) is 0 Å². The summed E-state index contributed by atoms with van der Waals surface area (Å²) in [7, 11) is 2.53. The molecular weight excluding hydrogens is 270 g/mol.